The summed E-state index contributed by atoms with van der Waals surface area (Å²) in [6.45, 7) is 2.24. The van der Waals surface area contributed by atoms with Crippen LogP contribution in [0, 0.1) is 0 Å². The molecule has 3 nitrogen and oxygen atoms in total. The van der Waals surface area contributed by atoms with Gasteiger partial charge in [0.25, 0.3) is 0 Å². The molecular formula is C16H25BO3. The second-order valence-corrected chi connectivity index (χ2v) is 5.74. The Labute approximate surface area is 122 Å². The van der Waals surface area contributed by atoms with Crippen LogP contribution in [0.2, 0.25) is 0 Å². The summed E-state index contributed by atoms with van der Waals surface area (Å²) in [6.07, 6.45) is 10.1. The first-order chi connectivity index (χ1) is 9.70. The highest BCUT2D eigenvalue weighted by Crippen LogP contribution is 2.30. The van der Waals surface area contributed by atoms with Gasteiger partial charge in [0.2, 0.25) is 0 Å². The Morgan fingerprint density at radius 1 is 1.15 bits per heavy atom. The summed E-state index contributed by atoms with van der Waals surface area (Å²) in [5, 5.41) is 18.4. The summed E-state index contributed by atoms with van der Waals surface area (Å²) in [4.78, 5) is 0. The zero-order valence-electron chi connectivity index (χ0n) is 12.3. The van der Waals surface area contributed by atoms with E-state index in [9.17, 15) is 10.0 Å². The minimum Gasteiger partial charge on any atom is -0.490 e. The molecule has 0 saturated carbocycles. The average Bonchev–Trinajstić information content (AvgIpc) is 2.84. The molecule has 1 aliphatic rings. The quantitative estimate of drug-likeness (QED) is 0.566. The molecular weight excluding hydrogens is 251 g/mol. The van der Waals surface area contributed by atoms with Gasteiger partial charge in [-0.3, -0.25) is 0 Å². The molecule has 2 N–H and O–H groups in total. The topological polar surface area (TPSA) is 49.7 Å². The Hall–Kier alpha value is -0.995. The predicted molar refractivity (Wildman–Crippen MR) is 82.4 cm³/mol. The van der Waals surface area contributed by atoms with Crippen molar-refractivity contribution < 1.29 is 14.8 Å². The van der Waals surface area contributed by atoms with Crippen LogP contribution in [-0.4, -0.2) is 23.3 Å². The maximum atomic E-state index is 9.18. The highest BCUT2D eigenvalue weighted by molar-refractivity contribution is 6.58. The fourth-order valence-electron chi connectivity index (χ4n) is 2.81. The van der Waals surface area contributed by atoms with Crippen LogP contribution >= 0.6 is 0 Å². The van der Waals surface area contributed by atoms with Crippen LogP contribution in [0.4, 0.5) is 0 Å². The van der Waals surface area contributed by atoms with E-state index in [-0.39, 0.29) is 6.10 Å². The summed E-state index contributed by atoms with van der Waals surface area (Å²) in [5.41, 5.74) is 1.65. The molecule has 0 aliphatic carbocycles. The fourth-order valence-corrected chi connectivity index (χ4v) is 2.81. The standard InChI is InChI=1S/C16H25BO3/c1-2-3-4-5-6-7-8-15-12-13-11-14(17(18)19)9-10-16(13)20-15/h9-11,15,18-19H,2-8,12H2,1H3. The molecule has 1 unspecified atom stereocenters. The van der Waals surface area contributed by atoms with Crippen molar-refractivity contribution in [3.05, 3.63) is 23.8 Å². The van der Waals surface area contributed by atoms with Crippen molar-refractivity contribution in [1.29, 1.82) is 0 Å². The predicted octanol–water partition coefficient (Wildman–Crippen LogP) is 2.42. The van der Waals surface area contributed by atoms with Crippen molar-refractivity contribution in [2.24, 2.45) is 0 Å². The first kappa shape index (κ1) is 15.4. The van der Waals surface area contributed by atoms with Gasteiger partial charge in [-0.15, -0.1) is 0 Å². The van der Waals surface area contributed by atoms with Crippen molar-refractivity contribution in [1.82, 2.24) is 0 Å². The lowest BCUT2D eigenvalue weighted by Gasteiger charge is -2.10. The van der Waals surface area contributed by atoms with Crippen LogP contribution in [0.25, 0.3) is 0 Å². The summed E-state index contributed by atoms with van der Waals surface area (Å²) in [5.74, 6) is 0.908. The van der Waals surface area contributed by atoms with Crippen molar-refractivity contribution in [2.75, 3.05) is 0 Å². The van der Waals surface area contributed by atoms with Gasteiger partial charge < -0.3 is 14.8 Å². The monoisotopic (exact) mass is 276 g/mol. The van der Waals surface area contributed by atoms with Crippen LogP contribution in [0.15, 0.2) is 18.2 Å². The molecule has 1 aliphatic heterocycles. The van der Waals surface area contributed by atoms with Crippen molar-refractivity contribution in [3.63, 3.8) is 0 Å². The molecule has 20 heavy (non-hydrogen) atoms. The van der Waals surface area contributed by atoms with E-state index in [4.69, 9.17) is 4.74 Å². The van der Waals surface area contributed by atoms with E-state index >= 15 is 0 Å². The summed E-state index contributed by atoms with van der Waals surface area (Å²) in [6, 6.07) is 5.42. The summed E-state index contributed by atoms with van der Waals surface area (Å²) < 4.78 is 5.91. The zero-order chi connectivity index (χ0) is 14.4. The molecule has 0 fully saturated rings. The van der Waals surface area contributed by atoms with Gasteiger partial charge >= 0.3 is 7.12 Å². The van der Waals surface area contributed by atoms with E-state index < -0.39 is 7.12 Å². The van der Waals surface area contributed by atoms with E-state index in [0.717, 1.165) is 24.2 Å². The van der Waals surface area contributed by atoms with E-state index in [1.807, 2.05) is 12.1 Å². The van der Waals surface area contributed by atoms with E-state index in [1.54, 1.807) is 6.07 Å². The Kier molecular flexibility index (Phi) is 5.93. The van der Waals surface area contributed by atoms with Gasteiger partial charge in [-0.05, 0) is 29.9 Å². The van der Waals surface area contributed by atoms with Crippen LogP contribution in [0.1, 0.15) is 57.4 Å². The van der Waals surface area contributed by atoms with E-state index in [0.29, 0.717) is 5.46 Å². The van der Waals surface area contributed by atoms with Gasteiger partial charge in [0, 0.05) is 6.42 Å². The van der Waals surface area contributed by atoms with E-state index in [2.05, 4.69) is 6.92 Å². The number of hydrogen-bond donors (Lipinski definition) is 2. The number of fused-ring (bicyclic) bond motifs is 1. The molecule has 0 spiro atoms. The largest absolute Gasteiger partial charge is 0.490 e. The number of benzene rings is 1. The first-order valence-electron chi connectivity index (χ1n) is 7.86. The molecule has 0 saturated heterocycles. The van der Waals surface area contributed by atoms with Crippen LogP contribution in [-0.2, 0) is 6.42 Å². The van der Waals surface area contributed by atoms with Gasteiger partial charge in [0.15, 0.2) is 0 Å². The van der Waals surface area contributed by atoms with Gasteiger partial charge in [-0.25, -0.2) is 0 Å². The lowest BCUT2D eigenvalue weighted by Crippen LogP contribution is -2.29. The molecule has 1 aromatic carbocycles. The molecule has 0 radical (unpaired) electrons. The van der Waals surface area contributed by atoms with Crippen molar-refractivity contribution in [3.8, 4) is 5.75 Å². The normalized spacial score (nSPS) is 16.9. The zero-order valence-corrected chi connectivity index (χ0v) is 12.3. The maximum Gasteiger partial charge on any atom is 0.488 e. The number of unbranched alkanes of at least 4 members (excludes halogenated alkanes) is 5. The third-order valence-corrected chi connectivity index (χ3v) is 4.00. The minimum atomic E-state index is -1.39. The molecule has 110 valence electrons. The molecule has 1 heterocycles. The lowest BCUT2D eigenvalue weighted by molar-refractivity contribution is 0.216. The maximum absolute atomic E-state index is 9.18. The molecule has 1 atom stereocenters. The Morgan fingerprint density at radius 3 is 2.65 bits per heavy atom. The molecule has 1 aromatic rings. The highest BCUT2D eigenvalue weighted by Gasteiger charge is 2.24. The Balaban J connectivity index is 1.73. The number of ether oxygens (including phenoxy) is 1. The average molecular weight is 276 g/mol. The fraction of sp³-hybridized carbons (Fsp3) is 0.625. The Bertz CT molecular complexity index is 420. The van der Waals surface area contributed by atoms with Crippen molar-refractivity contribution in [2.45, 2.75) is 64.4 Å². The molecule has 2 rings (SSSR count). The van der Waals surface area contributed by atoms with Crippen LogP contribution < -0.4 is 10.2 Å². The summed E-state index contributed by atoms with van der Waals surface area (Å²) >= 11 is 0. The molecule has 4 heteroatoms. The van der Waals surface area contributed by atoms with Gasteiger partial charge in [-0.1, -0.05) is 51.2 Å². The van der Waals surface area contributed by atoms with Gasteiger partial charge in [0.05, 0.1) is 0 Å². The third kappa shape index (κ3) is 4.25. The van der Waals surface area contributed by atoms with Crippen LogP contribution in [0.5, 0.6) is 5.75 Å². The molecule has 0 amide bonds. The molecule has 0 aromatic heterocycles. The number of hydrogen-bond acceptors (Lipinski definition) is 3. The minimum absolute atomic E-state index is 0.266. The highest BCUT2D eigenvalue weighted by atomic mass is 16.5. The number of rotatable bonds is 8. The second kappa shape index (κ2) is 7.70. The Morgan fingerprint density at radius 2 is 1.90 bits per heavy atom. The third-order valence-electron chi connectivity index (χ3n) is 4.00. The second-order valence-electron chi connectivity index (χ2n) is 5.74. The molecule has 0 bridgehead atoms. The SMILES string of the molecule is CCCCCCCCC1Cc2cc(B(O)O)ccc2O1. The van der Waals surface area contributed by atoms with Crippen molar-refractivity contribution >= 4 is 12.6 Å². The van der Waals surface area contributed by atoms with Gasteiger partial charge in [0.1, 0.15) is 11.9 Å². The van der Waals surface area contributed by atoms with Crippen LogP contribution in [0.3, 0.4) is 0 Å². The van der Waals surface area contributed by atoms with E-state index in [1.165, 1.54) is 38.5 Å². The first-order valence-corrected chi connectivity index (χ1v) is 7.86. The van der Waals surface area contributed by atoms with Gasteiger partial charge in [-0.2, -0.15) is 0 Å². The lowest BCUT2D eigenvalue weighted by atomic mass is 9.79. The summed E-state index contributed by atoms with van der Waals surface area (Å²) in [7, 11) is -1.39. The smallest absolute Gasteiger partial charge is 0.488 e.